The summed E-state index contributed by atoms with van der Waals surface area (Å²) in [4.78, 5) is 12.7. The lowest BCUT2D eigenvalue weighted by Gasteiger charge is -2.06. The van der Waals surface area contributed by atoms with Crippen LogP contribution in [0.5, 0.6) is 5.75 Å². The summed E-state index contributed by atoms with van der Waals surface area (Å²) in [5, 5.41) is 6.03. The van der Waals surface area contributed by atoms with Gasteiger partial charge in [0.25, 0.3) is 5.91 Å². The van der Waals surface area contributed by atoms with Crippen LogP contribution in [0.15, 0.2) is 46.9 Å². The molecule has 0 saturated carbocycles. The first-order valence-corrected chi connectivity index (χ1v) is 7.65. The number of rotatable bonds is 6. The Hall–Kier alpha value is -2.14. The van der Waals surface area contributed by atoms with Crippen molar-refractivity contribution in [1.82, 2.24) is 5.43 Å². The first-order chi connectivity index (χ1) is 10.2. The Morgan fingerprint density at radius 3 is 2.67 bits per heavy atom. The minimum absolute atomic E-state index is 0.0489. The number of amides is 1. The van der Waals surface area contributed by atoms with E-state index in [1.807, 2.05) is 48.7 Å². The van der Waals surface area contributed by atoms with Crippen molar-refractivity contribution in [2.75, 3.05) is 6.61 Å². The predicted octanol–water partition coefficient (Wildman–Crippen LogP) is 3.23. The Morgan fingerprint density at radius 1 is 1.29 bits per heavy atom. The summed E-state index contributed by atoms with van der Waals surface area (Å²) in [5.41, 5.74) is 4.52. The van der Waals surface area contributed by atoms with Gasteiger partial charge in [-0.2, -0.15) is 5.10 Å². The van der Waals surface area contributed by atoms with Crippen molar-refractivity contribution in [3.8, 4) is 5.75 Å². The Bertz CT molecular complexity index is 604. The van der Waals surface area contributed by atoms with Gasteiger partial charge in [-0.05, 0) is 42.5 Å². The Morgan fingerprint density at radius 2 is 2.05 bits per heavy atom. The van der Waals surface area contributed by atoms with Gasteiger partial charge in [0, 0.05) is 4.88 Å². The van der Waals surface area contributed by atoms with Crippen LogP contribution >= 0.6 is 11.3 Å². The van der Waals surface area contributed by atoms with E-state index in [1.54, 1.807) is 11.3 Å². The Kier molecular flexibility index (Phi) is 5.51. The third kappa shape index (κ3) is 4.72. The molecule has 4 nitrogen and oxygen atoms in total. The number of nitrogens with zero attached hydrogens (tertiary/aromatic N) is 1. The molecule has 5 heteroatoms. The average Bonchev–Trinajstić information content (AvgIpc) is 3.05. The predicted molar refractivity (Wildman–Crippen MR) is 86.0 cm³/mol. The largest absolute Gasteiger partial charge is 0.484 e. The molecule has 21 heavy (non-hydrogen) atoms. The fraction of sp³-hybridized carbons (Fsp3) is 0.250. The first-order valence-electron chi connectivity index (χ1n) is 6.77. The van der Waals surface area contributed by atoms with Crippen LogP contribution in [0.1, 0.15) is 24.3 Å². The molecule has 0 fully saturated rings. The number of aryl methyl sites for hydroxylation is 1. The molecule has 1 aromatic carbocycles. The van der Waals surface area contributed by atoms with Crippen molar-refractivity contribution in [3.63, 3.8) is 0 Å². The highest BCUT2D eigenvalue weighted by atomic mass is 32.1. The van der Waals surface area contributed by atoms with Gasteiger partial charge in [0.1, 0.15) is 5.75 Å². The summed E-state index contributed by atoms with van der Waals surface area (Å²) in [7, 11) is 0. The van der Waals surface area contributed by atoms with E-state index in [0.29, 0.717) is 5.75 Å². The molecule has 2 aromatic rings. The highest BCUT2D eigenvalue weighted by Gasteiger charge is 2.03. The van der Waals surface area contributed by atoms with Crippen molar-refractivity contribution in [2.45, 2.75) is 20.3 Å². The van der Waals surface area contributed by atoms with Crippen molar-refractivity contribution < 1.29 is 9.53 Å². The van der Waals surface area contributed by atoms with Gasteiger partial charge in [-0.25, -0.2) is 5.43 Å². The zero-order valence-electron chi connectivity index (χ0n) is 12.1. The van der Waals surface area contributed by atoms with Gasteiger partial charge in [-0.15, -0.1) is 11.3 Å². The van der Waals surface area contributed by atoms with Gasteiger partial charge >= 0.3 is 0 Å². The number of hydrogen-bond donors (Lipinski definition) is 1. The molecule has 1 amide bonds. The molecule has 0 bridgehead atoms. The Labute approximate surface area is 128 Å². The van der Waals surface area contributed by atoms with E-state index < -0.39 is 0 Å². The smallest absolute Gasteiger partial charge is 0.277 e. The number of hydrazone groups is 1. The standard InChI is InChI=1S/C16H18N2O2S/c1-3-13-6-8-14(9-7-13)20-11-16(19)18-17-12(2)15-5-4-10-21-15/h4-10H,3,11H2,1-2H3,(H,18,19). The topological polar surface area (TPSA) is 50.7 Å². The van der Waals surface area contributed by atoms with Gasteiger partial charge in [0.05, 0.1) is 5.71 Å². The molecule has 0 saturated heterocycles. The van der Waals surface area contributed by atoms with Crippen LogP contribution in [0.2, 0.25) is 0 Å². The van der Waals surface area contributed by atoms with Gasteiger partial charge in [0.2, 0.25) is 0 Å². The number of carbonyl (C=O) groups is 1. The number of ether oxygens (including phenoxy) is 1. The number of benzene rings is 1. The quantitative estimate of drug-likeness (QED) is 0.658. The van der Waals surface area contributed by atoms with Crippen LogP contribution in [-0.2, 0) is 11.2 Å². The molecule has 0 unspecified atom stereocenters. The van der Waals surface area contributed by atoms with Crippen LogP contribution in [0.3, 0.4) is 0 Å². The minimum atomic E-state index is -0.273. The molecular formula is C16H18N2O2S. The molecule has 0 atom stereocenters. The lowest BCUT2D eigenvalue weighted by Crippen LogP contribution is -2.25. The van der Waals surface area contributed by atoms with Crippen LogP contribution in [0.25, 0.3) is 0 Å². The molecule has 2 rings (SSSR count). The van der Waals surface area contributed by atoms with Gasteiger partial charge in [0.15, 0.2) is 6.61 Å². The van der Waals surface area contributed by atoms with E-state index in [2.05, 4.69) is 17.5 Å². The average molecular weight is 302 g/mol. The third-order valence-electron chi connectivity index (χ3n) is 2.93. The number of nitrogens with one attached hydrogen (secondary N) is 1. The molecule has 0 aliphatic rings. The molecule has 1 aromatic heterocycles. The third-order valence-corrected chi connectivity index (χ3v) is 3.91. The summed E-state index contributed by atoms with van der Waals surface area (Å²) in [6.45, 7) is 3.90. The monoisotopic (exact) mass is 302 g/mol. The fourth-order valence-corrected chi connectivity index (χ4v) is 2.37. The molecule has 1 N–H and O–H groups in total. The van der Waals surface area contributed by atoms with Gasteiger partial charge in [-0.1, -0.05) is 25.1 Å². The zero-order chi connectivity index (χ0) is 15.1. The highest BCUT2D eigenvalue weighted by molar-refractivity contribution is 7.12. The number of thiophene rings is 1. The van der Waals surface area contributed by atoms with Crippen molar-refractivity contribution >= 4 is 23.0 Å². The SMILES string of the molecule is CCc1ccc(OCC(=O)NN=C(C)c2cccs2)cc1. The van der Waals surface area contributed by atoms with Crippen LogP contribution in [-0.4, -0.2) is 18.2 Å². The maximum atomic E-state index is 11.7. The van der Waals surface area contributed by atoms with E-state index in [0.717, 1.165) is 17.0 Å². The fourth-order valence-electron chi connectivity index (χ4n) is 1.69. The summed E-state index contributed by atoms with van der Waals surface area (Å²) in [6, 6.07) is 11.6. The molecule has 0 spiro atoms. The lowest BCUT2D eigenvalue weighted by atomic mass is 10.2. The molecular weight excluding hydrogens is 284 g/mol. The van der Waals surface area contributed by atoms with Crippen molar-refractivity contribution in [2.24, 2.45) is 5.10 Å². The first kappa shape index (κ1) is 15.3. The van der Waals surface area contributed by atoms with E-state index in [-0.39, 0.29) is 12.5 Å². The van der Waals surface area contributed by atoms with Crippen LogP contribution < -0.4 is 10.2 Å². The second-order valence-electron chi connectivity index (χ2n) is 4.50. The van der Waals surface area contributed by atoms with Gasteiger partial charge in [-0.3, -0.25) is 4.79 Å². The second kappa shape index (κ2) is 7.59. The maximum Gasteiger partial charge on any atom is 0.277 e. The molecule has 110 valence electrons. The number of carbonyl (C=O) groups excluding carboxylic acids is 1. The van der Waals surface area contributed by atoms with Gasteiger partial charge < -0.3 is 4.74 Å². The van der Waals surface area contributed by atoms with Crippen molar-refractivity contribution in [3.05, 3.63) is 52.2 Å². The lowest BCUT2D eigenvalue weighted by molar-refractivity contribution is -0.123. The Balaban J connectivity index is 1.80. The molecule has 0 radical (unpaired) electrons. The van der Waals surface area contributed by atoms with Crippen LogP contribution in [0, 0.1) is 0 Å². The maximum absolute atomic E-state index is 11.7. The summed E-state index contributed by atoms with van der Waals surface area (Å²) >= 11 is 1.58. The molecule has 0 aliphatic carbocycles. The van der Waals surface area contributed by atoms with Crippen molar-refractivity contribution in [1.29, 1.82) is 0 Å². The zero-order valence-corrected chi connectivity index (χ0v) is 12.9. The minimum Gasteiger partial charge on any atom is -0.484 e. The normalized spacial score (nSPS) is 11.2. The summed E-state index contributed by atoms with van der Waals surface area (Å²) in [6.07, 6.45) is 0.984. The highest BCUT2D eigenvalue weighted by Crippen LogP contribution is 2.12. The summed E-state index contributed by atoms with van der Waals surface area (Å²) in [5.74, 6) is 0.409. The molecule has 0 aliphatic heterocycles. The van der Waals surface area contributed by atoms with E-state index in [9.17, 15) is 4.79 Å². The van der Waals surface area contributed by atoms with E-state index in [4.69, 9.17) is 4.74 Å². The second-order valence-corrected chi connectivity index (χ2v) is 5.44. The van der Waals surface area contributed by atoms with E-state index >= 15 is 0 Å². The van der Waals surface area contributed by atoms with E-state index in [1.165, 1.54) is 5.56 Å². The summed E-state index contributed by atoms with van der Waals surface area (Å²) < 4.78 is 5.41. The van der Waals surface area contributed by atoms with Crippen LogP contribution in [0.4, 0.5) is 0 Å². The number of hydrogen-bond acceptors (Lipinski definition) is 4. The molecule has 1 heterocycles.